The van der Waals surface area contributed by atoms with Crippen LogP contribution in [0.1, 0.15) is 92.1 Å². The summed E-state index contributed by atoms with van der Waals surface area (Å²) in [6, 6.07) is 19.9. The van der Waals surface area contributed by atoms with E-state index >= 15 is 0 Å². The molecule has 14 rings (SSSR count). The number of carbonyl (C=O) groups is 2. The molecule has 2 aliphatic carbocycles. The first kappa shape index (κ1) is 93.1. The van der Waals surface area contributed by atoms with Crippen molar-refractivity contribution in [1.82, 2.24) is 79.4 Å². The van der Waals surface area contributed by atoms with Crippen LogP contribution in [0.3, 0.4) is 0 Å². The van der Waals surface area contributed by atoms with Gasteiger partial charge in [0, 0.05) is 84.9 Å². The highest BCUT2D eigenvalue weighted by Gasteiger charge is 2.21. The van der Waals surface area contributed by atoms with Crippen molar-refractivity contribution in [2.45, 2.75) is 110 Å². The molecule has 37 heteroatoms. The van der Waals surface area contributed by atoms with Crippen molar-refractivity contribution >= 4 is 116 Å². The first-order valence-electron chi connectivity index (χ1n) is 33.6. The largest absolute Gasteiger partial charge is 0.481 e. The lowest BCUT2D eigenvalue weighted by Crippen LogP contribution is -2.39. The Labute approximate surface area is 660 Å². The van der Waals surface area contributed by atoms with E-state index in [1.165, 1.54) is 152 Å². The van der Waals surface area contributed by atoms with Crippen LogP contribution in [-0.4, -0.2) is 170 Å². The molecule has 1 aliphatic heterocycles. The Morgan fingerprint density at radius 2 is 1.39 bits per heavy atom. The van der Waals surface area contributed by atoms with Gasteiger partial charge < -0.3 is 24.8 Å². The molecule has 5 N–H and O–H groups in total. The fraction of sp³-hybridized carbons (Fsp3) is 0.443. The monoisotopic (exact) mass is 1620 g/mol. The van der Waals surface area contributed by atoms with E-state index in [0.717, 1.165) is 37.5 Å². The molecular formula is C70H105N22O7S8+5. The maximum Gasteiger partial charge on any atom is 0.339 e. The second-order valence-electron chi connectivity index (χ2n) is 23.7. The first-order chi connectivity index (χ1) is 51.1. The number of likely N-dealkylation sites (tertiary alicyclic amines) is 1. The minimum absolute atomic E-state index is 0.0278. The van der Waals surface area contributed by atoms with Crippen molar-refractivity contribution in [1.29, 1.82) is 0 Å². The number of thiazole rings is 2. The Morgan fingerprint density at radius 3 is 1.78 bits per heavy atom. The number of aromatic amines is 1. The average Bonchev–Trinajstić information content (AvgIpc) is 1.09. The van der Waals surface area contributed by atoms with Gasteiger partial charge in [0.25, 0.3) is 5.12 Å². The minimum atomic E-state index is -0.797. The van der Waals surface area contributed by atoms with Crippen molar-refractivity contribution < 1.29 is 47.1 Å². The van der Waals surface area contributed by atoms with Crippen LogP contribution in [0.5, 0.6) is 0 Å². The maximum atomic E-state index is 10.7. The second kappa shape index (κ2) is 52.0. The van der Waals surface area contributed by atoms with Gasteiger partial charge in [-0.1, -0.05) is 70.3 Å². The molecule has 29 nitrogen and oxygen atoms in total. The standard InChI is InChI=1S/C10H14N.C9H12N.C7H9NO2S2.C6H11N3O.C6H7NS.C6H14N.C6H8N.C6H6O2S.C5H7N3O2S.C3H6N4S.C3H6N4.C3H4N2S2/c1-11-8-4-6-9-5-2-3-7-10(9)11;1-10-7-3-5-8-4-2-6-9(8)10;1-4-5(3-6(9)10)12-7(8-4)11-2;1-8-3-2-6(7)9(8)4-5-10;1-3-6-5(2)7-4-8-6;1-7(2)5-3-4-6-7;1-7-5-3-2-4-6-7;1-9-6(7)5-3-2-4-8-5;1-8-5(11-2)6-3(9)4(10)7-8;1-7-3(8-2)4-5-6-7;1-3-4-6-7(2)5-3;1-6-3-2-4-5-7-3/h4,6,8H,2-3,5,7H2,1H3;3,5,7H,2,4,6H2,1H3;3H2,1-2H3,(H,9,10);2-3,7,10H,4-5H2,1H3;3-4H,1H2,2H3;3-6H2,1-2H3;2-6H,1H3;2-4H,1H3;1-2H3,(H,7,10);1-2H3;1-2H3;2H,1H3/q2*+1;;;;2*+1;;;;;/p+1. The predicted molar refractivity (Wildman–Crippen MR) is 431 cm³/mol. The Kier molecular flexibility index (Phi) is 45.2. The third-order valence-corrected chi connectivity index (χ3v) is 21.9. The average molecular weight is 1620 g/mol. The van der Waals surface area contributed by atoms with E-state index < -0.39 is 17.1 Å². The van der Waals surface area contributed by atoms with Gasteiger partial charge in [0.15, 0.2) is 72.0 Å². The third-order valence-electron chi connectivity index (χ3n) is 15.1. The van der Waals surface area contributed by atoms with Crippen LogP contribution >= 0.6 is 93.0 Å². The van der Waals surface area contributed by atoms with Gasteiger partial charge in [0.05, 0.1) is 82.7 Å². The SMILES string of the molecule is C=Cc1scnc1C.CSC(=O)c1ccco1.CSc1cnns1.CSc1nc(=O)c(=O)[nH]n1C.CSc1nc(C)c(CC(=O)O)s1.CSc1nnnn1C.C[N+]1(C)CCCC1.C[n+]1ccc(N)n1CCO.C[n+]1cccc2c1CCC2.C[n+]1cccc2c1CCCC2.C[n+]1ccccc1.Cc1nnn(C)n1. The highest BCUT2D eigenvalue weighted by Crippen LogP contribution is 2.26. The molecule has 1 saturated heterocycles. The molecule has 0 saturated carbocycles. The number of carboxylic acid groups (broad SMARTS) is 1. The van der Waals surface area contributed by atoms with E-state index in [2.05, 4.69) is 141 Å². The van der Waals surface area contributed by atoms with E-state index in [1.807, 2.05) is 111 Å². The Hall–Kier alpha value is -8.14. The van der Waals surface area contributed by atoms with Gasteiger partial charge in [-0.25, -0.2) is 28.4 Å². The topological polar surface area (TPSA) is 341 Å². The van der Waals surface area contributed by atoms with Gasteiger partial charge in [-0.2, -0.15) is 9.78 Å². The number of thioether (sulfide) groups is 5. The zero-order valence-electron chi connectivity index (χ0n) is 64.3. The highest BCUT2D eigenvalue weighted by atomic mass is 32.2. The predicted octanol–water partition coefficient (Wildman–Crippen LogP) is 8.22. The van der Waals surface area contributed by atoms with Crippen LogP contribution in [0.15, 0.2) is 149 Å². The normalized spacial score (nSPS) is 12.1. The zero-order valence-corrected chi connectivity index (χ0v) is 70.8. The van der Waals surface area contributed by atoms with Crippen LogP contribution in [0.25, 0.3) is 6.08 Å². The number of hydrogen-bond acceptors (Lipinski definition) is 26. The number of carboxylic acids is 1. The van der Waals surface area contributed by atoms with Crippen molar-refractivity contribution in [3.8, 4) is 0 Å². The number of hydrogen-bond donors (Lipinski definition) is 4. The number of nitrogens with one attached hydrogen (secondary N) is 1. The quantitative estimate of drug-likeness (QED) is 0.0433. The molecule has 0 spiro atoms. The summed E-state index contributed by atoms with van der Waals surface area (Å²) in [6.07, 6.45) is 36.7. The number of nitrogens with two attached hydrogens (primary N) is 1. The summed E-state index contributed by atoms with van der Waals surface area (Å²) in [6.45, 7) is 12.7. The molecule has 0 bridgehead atoms. The van der Waals surface area contributed by atoms with Crippen molar-refractivity contribution in [3.63, 3.8) is 0 Å². The molecule has 0 radical (unpaired) electrons. The van der Waals surface area contributed by atoms with Crippen LogP contribution in [-0.2, 0) is 92.8 Å². The molecule has 107 heavy (non-hydrogen) atoms. The highest BCUT2D eigenvalue weighted by molar-refractivity contribution is 8.13. The number of nitrogens with zero attached hydrogens (tertiary/aromatic N) is 20. The number of rotatable bonds is 10. The Morgan fingerprint density at radius 1 is 0.757 bits per heavy atom. The molecular weight excluding hydrogens is 1520 g/mol. The number of nitrogen functional groups attached to an aromatic ring is 1. The number of fused-ring (bicyclic) bond motifs is 2. The molecule has 0 amide bonds. The number of aliphatic carboxylic acids is 1. The Bertz CT molecular complexity index is 4380. The maximum absolute atomic E-state index is 10.7. The van der Waals surface area contributed by atoms with Crippen LogP contribution in [0.4, 0.5) is 5.82 Å². The van der Waals surface area contributed by atoms with E-state index in [-0.39, 0.29) is 18.1 Å². The lowest BCUT2D eigenvalue weighted by Gasteiger charge is -2.21. The summed E-state index contributed by atoms with van der Waals surface area (Å²) in [5.74, 6) is 1.01. The van der Waals surface area contributed by atoms with Crippen LogP contribution in [0.2, 0.25) is 0 Å². The summed E-state index contributed by atoms with van der Waals surface area (Å²) < 4.78 is 25.0. The number of aliphatic hydroxyl groups is 1. The number of carbonyl (C=O) groups excluding carboxylic acids is 1. The number of anilines is 1. The van der Waals surface area contributed by atoms with E-state index in [4.69, 9.17) is 20.4 Å². The molecule has 580 valence electrons. The molecule has 0 aromatic carbocycles. The summed E-state index contributed by atoms with van der Waals surface area (Å²) in [5, 5.41) is 46.2. The molecule has 0 atom stereocenters. The lowest BCUT2D eigenvalue weighted by molar-refractivity contribution is -0.877. The van der Waals surface area contributed by atoms with Crippen LogP contribution < -0.4 is 35.2 Å². The number of aromatic nitrogens is 20. The number of H-pyrrole nitrogens is 1. The number of pyridine rings is 3. The molecule has 0 unspecified atom stereocenters. The molecule has 1 fully saturated rings. The van der Waals surface area contributed by atoms with Gasteiger partial charge in [0.1, 0.15) is 36.2 Å². The lowest BCUT2D eigenvalue weighted by atomic mass is 9.96. The summed E-state index contributed by atoms with van der Waals surface area (Å²) >= 11 is 11.7. The van der Waals surface area contributed by atoms with Crippen molar-refractivity contribution in [3.05, 3.63) is 192 Å². The fourth-order valence-corrected chi connectivity index (χ4v) is 14.0. The smallest absolute Gasteiger partial charge is 0.339 e. The van der Waals surface area contributed by atoms with Gasteiger partial charge in [-0.15, -0.1) is 64.2 Å². The molecule has 11 aromatic rings. The van der Waals surface area contributed by atoms with Gasteiger partial charge >= 0.3 is 17.1 Å². The number of quaternary nitrogens is 1. The fourth-order valence-electron chi connectivity index (χ4n) is 9.63. The van der Waals surface area contributed by atoms with Crippen LogP contribution in [0, 0.1) is 20.8 Å². The molecule has 3 aliphatic rings. The summed E-state index contributed by atoms with van der Waals surface area (Å²) in [4.78, 5) is 57.7. The summed E-state index contributed by atoms with van der Waals surface area (Å²) in [7, 11) is 17.9. The third kappa shape index (κ3) is 36.5. The first-order valence-corrected chi connectivity index (χ1v) is 42.2. The van der Waals surface area contributed by atoms with Gasteiger partial charge in [-0.3, -0.25) is 29.0 Å². The number of furan rings is 1. The molecule has 12 heterocycles. The van der Waals surface area contributed by atoms with E-state index in [9.17, 15) is 19.2 Å². The molecule has 11 aromatic heterocycles. The van der Waals surface area contributed by atoms with Crippen molar-refractivity contribution in [2.24, 2.45) is 49.3 Å². The zero-order chi connectivity index (χ0) is 79.3. The Balaban J connectivity index is 0.000000304. The van der Waals surface area contributed by atoms with Crippen molar-refractivity contribution in [2.75, 3.05) is 70.8 Å². The number of aryl methyl sites for hydroxylation is 12. The number of tetrazole rings is 2. The number of aliphatic hydroxyl groups excluding tert-OH is 1. The minimum Gasteiger partial charge on any atom is -0.481 e. The van der Waals surface area contributed by atoms with E-state index in [0.29, 0.717) is 29.1 Å². The second-order valence-corrected chi connectivity index (χ2v) is 31.0. The van der Waals surface area contributed by atoms with E-state index in [1.54, 1.807) is 119 Å². The van der Waals surface area contributed by atoms with Gasteiger partial charge in [0.2, 0.25) is 5.16 Å². The summed E-state index contributed by atoms with van der Waals surface area (Å²) in [5.41, 5.74) is 14.0. The van der Waals surface area contributed by atoms with Gasteiger partial charge in [-0.05, 0) is 136 Å².